The summed E-state index contributed by atoms with van der Waals surface area (Å²) in [4.78, 5) is 32.0. The van der Waals surface area contributed by atoms with E-state index in [-0.39, 0.29) is 17.9 Å². The number of hydrogen-bond acceptors (Lipinski definition) is 7. The largest absolute Gasteiger partial charge is 0.507 e. The number of ether oxygens (including phenoxy) is 3. The number of rotatable bonds is 8. The number of carbonyl (C=O) groups is 2. The quantitative estimate of drug-likeness (QED) is 0.298. The van der Waals surface area contributed by atoms with Crippen molar-refractivity contribution in [3.8, 4) is 17.2 Å². The first-order valence-electron chi connectivity index (χ1n) is 11.1. The molecule has 180 valence electrons. The molecule has 3 aromatic rings. The Morgan fingerprint density at radius 1 is 1.03 bits per heavy atom. The third-order valence-corrected chi connectivity index (χ3v) is 5.76. The summed E-state index contributed by atoms with van der Waals surface area (Å²) in [6.07, 6.45) is 3.27. The second-order valence-corrected chi connectivity index (χ2v) is 7.86. The van der Waals surface area contributed by atoms with E-state index in [1.54, 1.807) is 60.9 Å². The van der Waals surface area contributed by atoms with Gasteiger partial charge in [0, 0.05) is 24.5 Å². The van der Waals surface area contributed by atoms with Crippen molar-refractivity contribution >= 4 is 17.4 Å². The predicted octanol–water partition coefficient (Wildman–Crippen LogP) is 4.12. The highest BCUT2D eigenvalue weighted by Crippen LogP contribution is 2.42. The molecule has 1 fully saturated rings. The summed E-state index contributed by atoms with van der Waals surface area (Å²) in [6, 6.07) is 14.7. The van der Waals surface area contributed by atoms with Crippen LogP contribution >= 0.6 is 0 Å². The molecule has 1 aromatic heterocycles. The van der Waals surface area contributed by atoms with Crippen molar-refractivity contribution in [2.24, 2.45) is 0 Å². The van der Waals surface area contributed by atoms with E-state index < -0.39 is 17.7 Å². The molecule has 8 nitrogen and oxygen atoms in total. The van der Waals surface area contributed by atoms with Gasteiger partial charge in [0.2, 0.25) is 0 Å². The van der Waals surface area contributed by atoms with Crippen molar-refractivity contribution < 1.29 is 28.9 Å². The highest BCUT2D eigenvalue weighted by molar-refractivity contribution is 6.46. The number of aliphatic hydroxyl groups is 1. The SMILES string of the molecule is CCOc1cccc(/C(O)=C2\C(=O)C(=O)N(Cc3cccnc3)C2c2ccc(OC)c(OC)c2)c1. The van der Waals surface area contributed by atoms with Gasteiger partial charge in [0.15, 0.2) is 11.5 Å². The highest BCUT2D eigenvalue weighted by atomic mass is 16.5. The average Bonchev–Trinajstić information content (AvgIpc) is 3.13. The van der Waals surface area contributed by atoms with Gasteiger partial charge in [0.05, 0.1) is 32.4 Å². The molecule has 0 spiro atoms. The van der Waals surface area contributed by atoms with Crippen LogP contribution in [0.3, 0.4) is 0 Å². The Kier molecular flexibility index (Phi) is 7.01. The van der Waals surface area contributed by atoms with E-state index in [2.05, 4.69) is 4.98 Å². The van der Waals surface area contributed by atoms with Gasteiger partial charge in [-0.1, -0.05) is 24.3 Å². The number of nitrogens with zero attached hydrogens (tertiary/aromatic N) is 2. The topological polar surface area (TPSA) is 98.2 Å². The standard InChI is InChI=1S/C27H26N2O6/c1-4-35-20-9-5-8-19(13-20)25(30)23-24(18-10-11-21(33-2)22(14-18)34-3)29(27(32)26(23)31)16-17-7-6-12-28-15-17/h5-15,24,30H,4,16H2,1-3H3/b25-23+. The van der Waals surface area contributed by atoms with Crippen LogP contribution in [0.25, 0.3) is 5.76 Å². The van der Waals surface area contributed by atoms with Crippen LogP contribution in [-0.4, -0.2) is 47.5 Å². The second-order valence-electron chi connectivity index (χ2n) is 7.86. The van der Waals surface area contributed by atoms with Gasteiger partial charge in [-0.3, -0.25) is 14.6 Å². The van der Waals surface area contributed by atoms with E-state index in [4.69, 9.17) is 14.2 Å². The summed E-state index contributed by atoms with van der Waals surface area (Å²) in [7, 11) is 3.03. The number of Topliss-reactive ketones (excluding diaryl/α,β-unsaturated/α-hetero) is 1. The van der Waals surface area contributed by atoms with Crippen LogP contribution in [0.5, 0.6) is 17.2 Å². The molecule has 1 unspecified atom stereocenters. The molecule has 1 saturated heterocycles. The van der Waals surface area contributed by atoms with Crippen LogP contribution in [0.15, 0.2) is 72.6 Å². The van der Waals surface area contributed by atoms with Gasteiger partial charge in [-0.15, -0.1) is 0 Å². The summed E-state index contributed by atoms with van der Waals surface area (Å²) >= 11 is 0. The van der Waals surface area contributed by atoms with Crippen LogP contribution < -0.4 is 14.2 Å². The zero-order valence-corrected chi connectivity index (χ0v) is 19.7. The molecule has 0 radical (unpaired) electrons. The molecule has 0 bridgehead atoms. The van der Waals surface area contributed by atoms with Gasteiger partial charge >= 0.3 is 0 Å². The number of hydrogen-bond donors (Lipinski definition) is 1. The van der Waals surface area contributed by atoms with Gasteiger partial charge < -0.3 is 24.2 Å². The maximum atomic E-state index is 13.3. The lowest BCUT2D eigenvalue weighted by atomic mass is 9.94. The lowest BCUT2D eigenvalue weighted by Gasteiger charge is -2.26. The normalized spacial score (nSPS) is 16.9. The maximum Gasteiger partial charge on any atom is 0.295 e. The molecule has 8 heteroatoms. The number of amides is 1. The van der Waals surface area contributed by atoms with Gasteiger partial charge in [0.25, 0.3) is 11.7 Å². The van der Waals surface area contributed by atoms with Crippen molar-refractivity contribution in [1.82, 2.24) is 9.88 Å². The number of aliphatic hydroxyl groups excluding tert-OH is 1. The van der Waals surface area contributed by atoms with E-state index in [1.165, 1.54) is 19.1 Å². The molecule has 4 rings (SSSR count). The summed E-state index contributed by atoms with van der Waals surface area (Å²) in [5.41, 5.74) is 1.70. The minimum Gasteiger partial charge on any atom is -0.507 e. The Balaban J connectivity index is 1.88. The summed E-state index contributed by atoms with van der Waals surface area (Å²) < 4.78 is 16.3. The molecule has 0 aliphatic carbocycles. The van der Waals surface area contributed by atoms with Crippen molar-refractivity contribution in [3.05, 3.63) is 89.3 Å². The minimum atomic E-state index is -0.856. The second kappa shape index (κ2) is 10.3. The molecule has 2 aromatic carbocycles. The number of methoxy groups -OCH3 is 2. The Hall–Kier alpha value is -4.33. The van der Waals surface area contributed by atoms with Gasteiger partial charge in [-0.05, 0) is 48.4 Å². The van der Waals surface area contributed by atoms with Crippen LogP contribution in [-0.2, 0) is 16.1 Å². The number of aromatic nitrogens is 1. The fraction of sp³-hybridized carbons (Fsp3) is 0.222. The number of pyridine rings is 1. The van der Waals surface area contributed by atoms with Gasteiger partial charge in [0.1, 0.15) is 11.5 Å². The van der Waals surface area contributed by atoms with Crippen LogP contribution in [0.4, 0.5) is 0 Å². The smallest absolute Gasteiger partial charge is 0.295 e. The highest BCUT2D eigenvalue weighted by Gasteiger charge is 2.46. The molecule has 2 heterocycles. The molecular weight excluding hydrogens is 448 g/mol. The number of likely N-dealkylation sites (tertiary alicyclic amines) is 1. The minimum absolute atomic E-state index is 0.0141. The number of carbonyl (C=O) groups excluding carboxylic acids is 2. The van der Waals surface area contributed by atoms with Gasteiger partial charge in [-0.25, -0.2) is 0 Å². The Morgan fingerprint density at radius 3 is 2.51 bits per heavy atom. The number of ketones is 1. The van der Waals surface area contributed by atoms with Crippen LogP contribution in [0.2, 0.25) is 0 Å². The first-order chi connectivity index (χ1) is 17.0. The summed E-state index contributed by atoms with van der Waals surface area (Å²) in [5, 5.41) is 11.3. The predicted molar refractivity (Wildman–Crippen MR) is 129 cm³/mol. The van der Waals surface area contributed by atoms with E-state index in [0.717, 1.165) is 5.56 Å². The van der Waals surface area contributed by atoms with E-state index in [1.807, 2.05) is 13.0 Å². The van der Waals surface area contributed by atoms with Crippen LogP contribution in [0.1, 0.15) is 29.7 Å². The molecule has 0 saturated carbocycles. The van der Waals surface area contributed by atoms with Crippen LogP contribution in [0, 0.1) is 0 Å². The first-order valence-corrected chi connectivity index (χ1v) is 11.1. The van der Waals surface area contributed by atoms with E-state index in [9.17, 15) is 14.7 Å². The zero-order valence-electron chi connectivity index (χ0n) is 19.7. The molecule has 1 aliphatic rings. The molecule has 1 amide bonds. The van der Waals surface area contributed by atoms with Crippen molar-refractivity contribution in [2.45, 2.75) is 19.5 Å². The first kappa shape index (κ1) is 23.8. The maximum absolute atomic E-state index is 13.3. The molecular formula is C27H26N2O6. The fourth-order valence-electron chi connectivity index (χ4n) is 4.16. The average molecular weight is 475 g/mol. The zero-order chi connectivity index (χ0) is 24.9. The lowest BCUT2D eigenvalue weighted by molar-refractivity contribution is -0.140. The van der Waals surface area contributed by atoms with Crippen molar-refractivity contribution in [3.63, 3.8) is 0 Å². The summed E-state index contributed by atoms with van der Waals surface area (Å²) in [5.74, 6) is -0.272. The van der Waals surface area contributed by atoms with Gasteiger partial charge in [-0.2, -0.15) is 0 Å². The molecule has 1 N–H and O–H groups in total. The molecule has 1 aliphatic heterocycles. The Bertz CT molecular complexity index is 1270. The van der Waals surface area contributed by atoms with Crippen molar-refractivity contribution in [2.75, 3.05) is 20.8 Å². The third-order valence-electron chi connectivity index (χ3n) is 5.76. The fourth-order valence-corrected chi connectivity index (χ4v) is 4.16. The lowest BCUT2D eigenvalue weighted by Crippen LogP contribution is -2.29. The van der Waals surface area contributed by atoms with E-state index >= 15 is 0 Å². The monoisotopic (exact) mass is 474 g/mol. The molecule has 35 heavy (non-hydrogen) atoms. The Morgan fingerprint density at radius 2 is 1.83 bits per heavy atom. The van der Waals surface area contributed by atoms with E-state index in [0.29, 0.717) is 35.0 Å². The summed E-state index contributed by atoms with van der Waals surface area (Å²) in [6.45, 7) is 2.44. The van der Waals surface area contributed by atoms with Crippen molar-refractivity contribution in [1.29, 1.82) is 0 Å². The Labute approximate surface area is 203 Å². The third kappa shape index (κ3) is 4.68. The molecule has 1 atom stereocenters. The number of benzene rings is 2.